The van der Waals surface area contributed by atoms with Crippen LogP contribution in [0, 0.1) is 0 Å². The number of nitrogens with one attached hydrogen (secondary N) is 2. The standard InChI is InChI=1S/C11H17N3O2/c1-12-10-3-2-4-11(14-10)13-7-9-8-15-5-6-16-9/h2-4,9H,5-8H2,1H3,(H2,12,13,14). The molecule has 0 aromatic carbocycles. The zero-order chi connectivity index (χ0) is 11.2. The smallest absolute Gasteiger partial charge is 0.128 e. The van der Waals surface area contributed by atoms with Crippen molar-refractivity contribution in [2.75, 3.05) is 44.0 Å². The predicted molar refractivity (Wildman–Crippen MR) is 62.8 cm³/mol. The number of hydrogen-bond donors (Lipinski definition) is 2. The Labute approximate surface area is 95.2 Å². The van der Waals surface area contributed by atoms with Crippen LogP contribution in [0.1, 0.15) is 0 Å². The number of aromatic nitrogens is 1. The first-order valence-electron chi connectivity index (χ1n) is 5.46. The van der Waals surface area contributed by atoms with Gasteiger partial charge < -0.3 is 20.1 Å². The summed E-state index contributed by atoms with van der Waals surface area (Å²) in [6.07, 6.45) is 0.119. The van der Waals surface area contributed by atoms with Crippen LogP contribution in [0.15, 0.2) is 18.2 Å². The first-order chi connectivity index (χ1) is 7.88. The Bertz CT molecular complexity index is 327. The summed E-state index contributed by atoms with van der Waals surface area (Å²) in [7, 11) is 1.85. The summed E-state index contributed by atoms with van der Waals surface area (Å²) in [5.41, 5.74) is 0. The molecule has 0 saturated carbocycles. The highest BCUT2D eigenvalue weighted by molar-refractivity contribution is 5.44. The lowest BCUT2D eigenvalue weighted by Crippen LogP contribution is -2.34. The summed E-state index contributed by atoms with van der Waals surface area (Å²) in [5, 5.41) is 6.23. The van der Waals surface area contributed by atoms with Crippen LogP contribution < -0.4 is 10.6 Å². The minimum absolute atomic E-state index is 0.119. The largest absolute Gasteiger partial charge is 0.376 e. The van der Waals surface area contributed by atoms with Gasteiger partial charge in [-0.05, 0) is 12.1 Å². The van der Waals surface area contributed by atoms with Gasteiger partial charge in [-0.3, -0.25) is 0 Å². The summed E-state index contributed by atoms with van der Waals surface area (Å²) >= 11 is 0. The molecule has 1 saturated heterocycles. The third-order valence-corrected chi connectivity index (χ3v) is 2.40. The first kappa shape index (κ1) is 11.2. The third kappa shape index (κ3) is 3.08. The van der Waals surface area contributed by atoms with E-state index in [1.807, 2.05) is 25.2 Å². The molecule has 5 nitrogen and oxygen atoms in total. The van der Waals surface area contributed by atoms with Gasteiger partial charge in [0.25, 0.3) is 0 Å². The molecule has 0 aliphatic carbocycles. The van der Waals surface area contributed by atoms with Crippen LogP contribution in [0.25, 0.3) is 0 Å². The number of hydrogen-bond acceptors (Lipinski definition) is 5. The van der Waals surface area contributed by atoms with E-state index in [2.05, 4.69) is 15.6 Å². The highest BCUT2D eigenvalue weighted by Gasteiger charge is 2.13. The molecule has 1 aliphatic heterocycles. The molecule has 2 heterocycles. The molecule has 0 amide bonds. The summed E-state index contributed by atoms with van der Waals surface area (Å²) in [4.78, 5) is 4.36. The fourth-order valence-electron chi connectivity index (χ4n) is 1.55. The van der Waals surface area contributed by atoms with Crippen LogP contribution in [-0.2, 0) is 9.47 Å². The Balaban J connectivity index is 1.83. The van der Waals surface area contributed by atoms with Crippen LogP contribution in [0.5, 0.6) is 0 Å². The molecule has 1 aliphatic rings. The second kappa shape index (κ2) is 5.67. The molecule has 1 aromatic heterocycles. The van der Waals surface area contributed by atoms with Crippen LogP contribution in [-0.4, -0.2) is 44.5 Å². The van der Waals surface area contributed by atoms with E-state index in [9.17, 15) is 0 Å². The zero-order valence-electron chi connectivity index (χ0n) is 9.40. The molecule has 1 aromatic rings. The highest BCUT2D eigenvalue weighted by atomic mass is 16.6. The van der Waals surface area contributed by atoms with Gasteiger partial charge in [-0.15, -0.1) is 0 Å². The van der Waals surface area contributed by atoms with Crippen molar-refractivity contribution in [2.24, 2.45) is 0 Å². The molecule has 88 valence electrons. The van der Waals surface area contributed by atoms with Gasteiger partial charge in [-0.25, -0.2) is 4.98 Å². The molecule has 1 atom stereocenters. The maximum atomic E-state index is 5.53. The maximum absolute atomic E-state index is 5.53. The van der Waals surface area contributed by atoms with E-state index in [0.717, 1.165) is 18.2 Å². The Morgan fingerprint density at radius 2 is 2.25 bits per heavy atom. The van der Waals surface area contributed by atoms with E-state index >= 15 is 0 Å². The molecule has 16 heavy (non-hydrogen) atoms. The Kier molecular flexibility index (Phi) is 3.96. The lowest BCUT2D eigenvalue weighted by Gasteiger charge is -2.23. The van der Waals surface area contributed by atoms with E-state index in [1.54, 1.807) is 0 Å². The van der Waals surface area contributed by atoms with E-state index in [1.165, 1.54) is 0 Å². The molecule has 1 unspecified atom stereocenters. The minimum Gasteiger partial charge on any atom is -0.376 e. The highest BCUT2D eigenvalue weighted by Crippen LogP contribution is 2.09. The van der Waals surface area contributed by atoms with E-state index in [-0.39, 0.29) is 6.10 Å². The van der Waals surface area contributed by atoms with Gasteiger partial charge in [-0.2, -0.15) is 0 Å². The van der Waals surface area contributed by atoms with Crippen LogP contribution >= 0.6 is 0 Å². The fourth-order valence-corrected chi connectivity index (χ4v) is 1.55. The monoisotopic (exact) mass is 223 g/mol. The molecule has 5 heteroatoms. The van der Waals surface area contributed by atoms with Gasteiger partial charge in [0.15, 0.2) is 0 Å². The molecule has 0 radical (unpaired) electrons. The topological polar surface area (TPSA) is 55.4 Å². The summed E-state index contributed by atoms with van der Waals surface area (Å²) in [6.45, 7) is 2.75. The van der Waals surface area contributed by atoms with Gasteiger partial charge in [0.05, 0.1) is 25.9 Å². The first-order valence-corrected chi connectivity index (χ1v) is 5.46. The van der Waals surface area contributed by atoms with Crippen LogP contribution in [0.2, 0.25) is 0 Å². The van der Waals surface area contributed by atoms with Crippen molar-refractivity contribution in [2.45, 2.75) is 6.10 Å². The Morgan fingerprint density at radius 3 is 3.00 bits per heavy atom. The summed E-state index contributed by atoms with van der Waals surface area (Å²) in [5.74, 6) is 1.70. The fraction of sp³-hybridized carbons (Fsp3) is 0.545. The van der Waals surface area contributed by atoms with Gasteiger partial charge in [0.2, 0.25) is 0 Å². The van der Waals surface area contributed by atoms with Crippen molar-refractivity contribution in [3.63, 3.8) is 0 Å². The molecule has 2 rings (SSSR count). The van der Waals surface area contributed by atoms with Crippen molar-refractivity contribution in [1.29, 1.82) is 0 Å². The SMILES string of the molecule is CNc1cccc(NCC2COCCO2)n1. The number of ether oxygens (including phenoxy) is 2. The molecule has 2 N–H and O–H groups in total. The van der Waals surface area contributed by atoms with E-state index < -0.39 is 0 Å². The number of nitrogens with zero attached hydrogens (tertiary/aromatic N) is 1. The molecular formula is C11H17N3O2. The number of anilines is 2. The van der Waals surface area contributed by atoms with Gasteiger partial charge in [0.1, 0.15) is 11.6 Å². The quantitative estimate of drug-likeness (QED) is 0.796. The number of rotatable bonds is 4. The lowest BCUT2D eigenvalue weighted by atomic mass is 10.3. The predicted octanol–water partition coefficient (Wildman–Crippen LogP) is 0.951. The van der Waals surface area contributed by atoms with Crippen molar-refractivity contribution >= 4 is 11.6 Å². The summed E-state index contributed by atoms with van der Waals surface area (Å²) < 4.78 is 10.8. The summed E-state index contributed by atoms with van der Waals surface area (Å²) in [6, 6.07) is 5.81. The van der Waals surface area contributed by atoms with Crippen LogP contribution in [0.4, 0.5) is 11.6 Å². The maximum Gasteiger partial charge on any atom is 0.128 e. The van der Waals surface area contributed by atoms with Crippen molar-refractivity contribution < 1.29 is 9.47 Å². The van der Waals surface area contributed by atoms with Crippen molar-refractivity contribution in [1.82, 2.24) is 4.98 Å². The van der Waals surface area contributed by atoms with Crippen molar-refractivity contribution in [3.05, 3.63) is 18.2 Å². The number of pyridine rings is 1. The van der Waals surface area contributed by atoms with Gasteiger partial charge in [-0.1, -0.05) is 6.07 Å². The Morgan fingerprint density at radius 1 is 1.38 bits per heavy atom. The zero-order valence-corrected chi connectivity index (χ0v) is 9.40. The second-order valence-electron chi connectivity index (χ2n) is 3.61. The molecule has 0 spiro atoms. The minimum atomic E-state index is 0.119. The van der Waals surface area contributed by atoms with E-state index in [0.29, 0.717) is 19.8 Å². The average Bonchev–Trinajstić information content (AvgIpc) is 2.38. The normalized spacial score (nSPS) is 20.4. The molecular weight excluding hydrogens is 206 g/mol. The van der Waals surface area contributed by atoms with Crippen molar-refractivity contribution in [3.8, 4) is 0 Å². The van der Waals surface area contributed by atoms with Gasteiger partial charge in [0, 0.05) is 13.6 Å². The van der Waals surface area contributed by atoms with Gasteiger partial charge >= 0.3 is 0 Å². The second-order valence-corrected chi connectivity index (χ2v) is 3.61. The van der Waals surface area contributed by atoms with E-state index in [4.69, 9.17) is 9.47 Å². The third-order valence-electron chi connectivity index (χ3n) is 2.40. The Hall–Kier alpha value is -1.33. The molecule has 0 bridgehead atoms. The molecule has 1 fully saturated rings. The van der Waals surface area contributed by atoms with Crippen LogP contribution in [0.3, 0.4) is 0 Å². The lowest BCUT2D eigenvalue weighted by molar-refractivity contribution is -0.0819. The average molecular weight is 223 g/mol.